The van der Waals surface area contributed by atoms with Gasteiger partial charge in [0.2, 0.25) is 0 Å². The predicted molar refractivity (Wildman–Crippen MR) is 123 cm³/mol. The number of nitriles is 1. The lowest BCUT2D eigenvalue weighted by molar-refractivity contribution is -0.118. The van der Waals surface area contributed by atoms with Gasteiger partial charge in [0.1, 0.15) is 23.4 Å². The van der Waals surface area contributed by atoms with Crippen molar-refractivity contribution in [2.45, 2.75) is 0 Å². The van der Waals surface area contributed by atoms with Gasteiger partial charge in [0.25, 0.3) is 5.91 Å². The van der Waals surface area contributed by atoms with Crippen LogP contribution in [0.2, 0.25) is 0 Å². The monoisotopic (exact) mass is 424 g/mol. The van der Waals surface area contributed by atoms with E-state index >= 15 is 0 Å². The molecule has 7 heteroatoms. The first-order valence-electron chi connectivity index (χ1n) is 9.88. The molecule has 0 fully saturated rings. The Labute approximate surface area is 184 Å². The van der Waals surface area contributed by atoms with Gasteiger partial charge in [0, 0.05) is 11.8 Å². The van der Waals surface area contributed by atoms with Crippen LogP contribution in [0.15, 0.2) is 72.8 Å². The zero-order valence-electron chi connectivity index (χ0n) is 17.3. The van der Waals surface area contributed by atoms with Crippen molar-refractivity contribution in [3.63, 3.8) is 0 Å². The first-order chi connectivity index (χ1) is 15.6. The van der Waals surface area contributed by atoms with Gasteiger partial charge in [-0.25, -0.2) is 4.98 Å². The first kappa shape index (κ1) is 20.7. The highest BCUT2D eigenvalue weighted by atomic mass is 16.5. The van der Waals surface area contributed by atoms with Crippen LogP contribution >= 0.6 is 0 Å². The maximum Gasteiger partial charge on any atom is 0.262 e. The second-order valence-electron chi connectivity index (χ2n) is 6.91. The zero-order chi connectivity index (χ0) is 22.3. The summed E-state index contributed by atoms with van der Waals surface area (Å²) in [6.07, 6.45) is 1.75. The number of para-hydroxylation sites is 2. The molecule has 158 valence electrons. The highest BCUT2D eigenvalue weighted by molar-refractivity contribution is 5.92. The summed E-state index contributed by atoms with van der Waals surface area (Å²) in [5.74, 6) is 1.44. The van der Waals surface area contributed by atoms with E-state index in [0.29, 0.717) is 28.6 Å². The number of methoxy groups -OCH3 is 1. The average Bonchev–Trinajstić information content (AvgIpc) is 3.26. The number of aromatic nitrogens is 2. The van der Waals surface area contributed by atoms with Crippen LogP contribution in [-0.4, -0.2) is 29.6 Å². The second-order valence-corrected chi connectivity index (χ2v) is 6.91. The maximum absolute atomic E-state index is 12.1. The predicted octanol–water partition coefficient (Wildman–Crippen LogP) is 4.65. The lowest BCUT2D eigenvalue weighted by Crippen LogP contribution is -2.20. The van der Waals surface area contributed by atoms with Crippen molar-refractivity contribution in [3.05, 3.63) is 84.2 Å². The van der Waals surface area contributed by atoms with Crippen molar-refractivity contribution in [3.8, 4) is 17.6 Å². The molecular weight excluding hydrogens is 404 g/mol. The number of nitrogens with zero attached hydrogens (tertiary/aromatic N) is 2. The number of carbonyl (C=O) groups excluding carboxylic acids is 1. The van der Waals surface area contributed by atoms with Gasteiger partial charge >= 0.3 is 0 Å². The molecule has 1 aromatic heterocycles. The Morgan fingerprint density at radius 3 is 2.66 bits per heavy atom. The van der Waals surface area contributed by atoms with Gasteiger partial charge in [-0.2, -0.15) is 5.26 Å². The van der Waals surface area contributed by atoms with Crippen LogP contribution in [0.5, 0.6) is 11.5 Å². The molecule has 0 saturated carbocycles. The fourth-order valence-electron chi connectivity index (χ4n) is 3.11. The van der Waals surface area contributed by atoms with Crippen LogP contribution in [0.25, 0.3) is 22.7 Å². The maximum atomic E-state index is 12.1. The quantitative estimate of drug-likeness (QED) is 0.421. The van der Waals surface area contributed by atoms with E-state index in [4.69, 9.17) is 9.47 Å². The Morgan fingerprint density at radius 2 is 1.91 bits per heavy atom. The Kier molecular flexibility index (Phi) is 6.14. The lowest BCUT2D eigenvalue weighted by Gasteiger charge is -2.09. The number of fused-ring (bicyclic) bond motifs is 1. The Hall–Kier alpha value is -4.57. The number of nitrogens with one attached hydrogen (secondary N) is 2. The number of hydrogen-bond donors (Lipinski definition) is 2. The van der Waals surface area contributed by atoms with E-state index in [9.17, 15) is 10.1 Å². The van der Waals surface area contributed by atoms with E-state index in [1.807, 2.05) is 36.4 Å². The van der Waals surface area contributed by atoms with E-state index in [2.05, 4.69) is 21.4 Å². The van der Waals surface area contributed by atoms with Gasteiger partial charge in [-0.05, 0) is 48.0 Å². The van der Waals surface area contributed by atoms with Crippen LogP contribution in [0.1, 0.15) is 11.4 Å². The van der Waals surface area contributed by atoms with Gasteiger partial charge in [-0.15, -0.1) is 0 Å². The summed E-state index contributed by atoms with van der Waals surface area (Å²) in [5, 5.41) is 12.3. The molecule has 0 aliphatic heterocycles. The molecule has 0 aliphatic carbocycles. The molecular formula is C25H20N4O3. The van der Waals surface area contributed by atoms with Crippen molar-refractivity contribution in [1.82, 2.24) is 9.97 Å². The minimum Gasteiger partial charge on any atom is -0.497 e. The van der Waals surface area contributed by atoms with E-state index < -0.39 is 0 Å². The number of amides is 1. The largest absolute Gasteiger partial charge is 0.497 e. The van der Waals surface area contributed by atoms with Gasteiger partial charge < -0.3 is 19.8 Å². The van der Waals surface area contributed by atoms with Crippen LogP contribution in [0.4, 0.5) is 5.69 Å². The minimum absolute atomic E-state index is 0.130. The minimum atomic E-state index is -0.279. The molecule has 4 aromatic rings. The summed E-state index contributed by atoms with van der Waals surface area (Å²) in [7, 11) is 1.57. The summed E-state index contributed by atoms with van der Waals surface area (Å²) in [6.45, 7) is -0.130. The van der Waals surface area contributed by atoms with E-state index in [1.54, 1.807) is 49.6 Å². The number of imidazole rings is 1. The smallest absolute Gasteiger partial charge is 0.262 e. The van der Waals surface area contributed by atoms with Gasteiger partial charge in [-0.1, -0.05) is 30.3 Å². The number of rotatable bonds is 7. The average molecular weight is 424 g/mol. The molecule has 3 aromatic carbocycles. The van der Waals surface area contributed by atoms with Crippen LogP contribution in [0.3, 0.4) is 0 Å². The van der Waals surface area contributed by atoms with E-state index in [0.717, 1.165) is 16.6 Å². The van der Waals surface area contributed by atoms with E-state index in [-0.39, 0.29) is 12.5 Å². The molecule has 0 unspecified atom stereocenters. The molecule has 0 radical (unpaired) electrons. The van der Waals surface area contributed by atoms with Crippen molar-refractivity contribution in [2.24, 2.45) is 0 Å². The Morgan fingerprint density at radius 1 is 1.09 bits per heavy atom. The molecule has 2 N–H and O–H groups in total. The fraction of sp³-hybridized carbons (Fsp3) is 0.0800. The number of H-pyrrole nitrogens is 1. The van der Waals surface area contributed by atoms with Crippen molar-refractivity contribution in [2.75, 3.05) is 19.0 Å². The van der Waals surface area contributed by atoms with Gasteiger partial charge in [-0.3, -0.25) is 4.79 Å². The summed E-state index contributed by atoms with van der Waals surface area (Å²) in [4.78, 5) is 19.8. The third-order valence-corrected chi connectivity index (χ3v) is 4.68. The highest BCUT2D eigenvalue weighted by Crippen LogP contribution is 2.21. The molecule has 0 aliphatic rings. The number of allylic oxidation sites excluding steroid dienone is 1. The van der Waals surface area contributed by atoms with Crippen LogP contribution < -0.4 is 14.8 Å². The molecule has 0 bridgehead atoms. The molecule has 1 amide bonds. The summed E-state index contributed by atoms with van der Waals surface area (Å²) in [5.41, 5.74) is 3.55. The first-order valence-corrected chi connectivity index (χ1v) is 9.88. The molecule has 4 rings (SSSR count). The molecule has 0 atom stereocenters. The van der Waals surface area contributed by atoms with Crippen LogP contribution in [-0.2, 0) is 4.79 Å². The fourth-order valence-corrected chi connectivity index (χ4v) is 3.11. The lowest BCUT2D eigenvalue weighted by atomic mass is 10.1. The number of hydrogen-bond acceptors (Lipinski definition) is 5. The topological polar surface area (TPSA) is 100 Å². The summed E-state index contributed by atoms with van der Waals surface area (Å²) >= 11 is 0. The Bertz CT molecular complexity index is 1280. The summed E-state index contributed by atoms with van der Waals surface area (Å²) < 4.78 is 10.7. The molecule has 7 nitrogen and oxygen atoms in total. The number of benzene rings is 3. The van der Waals surface area contributed by atoms with E-state index in [1.165, 1.54) is 0 Å². The molecule has 1 heterocycles. The Balaban J connectivity index is 1.38. The number of carbonyl (C=O) groups is 1. The SMILES string of the molecule is COc1cccc(NC(=O)COc2ccc(C=C(C#N)c3nc4ccccc4[nH]3)cc2)c1. The third-order valence-electron chi connectivity index (χ3n) is 4.68. The van der Waals surface area contributed by atoms with Crippen molar-refractivity contribution >= 4 is 34.3 Å². The van der Waals surface area contributed by atoms with Gasteiger partial charge in [0.15, 0.2) is 6.61 Å². The van der Waals surface area contributed by atoms with Crippen LogP contribution in [0, 0.1) is 11.3 Å². The number of ether oxygens (including phenoxy) is 2. The van der Waals surface area contributed by atoms with Crippen molar-refractivity contribution < 1.29 is 14.3 Å². The second kappa shape index (κ2) is 9.49. The normalized spacial score (nSPS) is 11.1. The highest BCUT2D eigenvalue weighted by Gasteiger charge is 2.08. The van der Waals surface area contributed by atoms with Crippen molar-refractivity contribution in [1.29, 1.82) is 5.26 Å². The number of anilines is 1. The molecule has 0 spiro atoms. The molecule has 0 saturated heterocycles. The summed E-state index contributed by atoms with van der Waals surface area (Å²) in [6, 6.07) is 24.0. The molecule has 32 heavy (non-hydrogen) atoms. The zero-order valence-corrected chi connectivity index (χ0v) is 17.3. The number of aromatic amines is 1. The van der Waals surface area contributed by atoms with Gasteiger partial charge in [0.05, 0.1) is 23.7 Å². The third kappa shape index (κ3) is 4.94. The standard InChI is InChI=1S/C25H20N4O3/c1-31-21-6-4-5-19(14-21)27-24(30)16-32-20-11-9-17(10-12-20)13-18(15-26)25-28-22-7-2-3-8-23(22)29-25/h2-14H,16H2,1H3,(H,27,30)(H,28,29).